The molecule has 0 saturated carbocycles. The van der Waals surface area contributed by atoms with Crippen LogP contribution < -0.4 is 0 Å². The highest BCUT2D eigenvalue weighted by molar-refractivity contribution is 7.09. The molecule has 1 unspecified atom stereocenters. The summed E-state index contributed by atoms with van der Waals surface area (Å²) in [5, 5.41) is 3.15. The van der Waals surface area contributed by atoms with Gasteiger partial charge in [-0.2, -0.15) is 0 Å². The van der Waals surface area contributed by atoms with Crippen molar-refractivity contribution in [2.24, 2.45) is 0 Å². The van der Waals surface area contributed by atoms with E-state index in [-0.39, 0.29) is 0 Å². The Balaban J connectivity index is 2.05. The van der Waals surface area contributed by atoms with Gasteiger partial charge in [0.15, 0.2) is 0 Å². The predicted octanol–water partition coefficient (Wildman–Crippen LogP) is 4.80. The molecule has 0 spiro atoms. The van der Waals surface area contributed by atoms with E-state index in [1.54, 1.807) is 11.3 Å². The maximum atomic E-state index is 5.80. The molecule has 0 aliphatic heterocycles. The minimum absolute atomic E-state index is 0.370. The molecule has 1 heterocycles. The van der Waals surface area contributed by atoms with E-state index >= 15 is 0 Å². The lowest BCUT2D eigenvalue weighted by Gasteiger charge is -2.12. The summed E-state index contributed by atoms with van der Waals surface area (Å²) in [7, 11) is 0. The Labute approximate surface area is 120 Å². The largest absolute Gasteiger partial charge is 0.378 e. The summed E-state index contributed by atoms with van der Waals surface area (Å²) in [5.74, 6) is 0.505. The van der Waals surface area contributed by atoms with Crippen LogP contribution in [0.1, 0.15) is 56.7 Å². The van der Waals surface area contributed by atoms with Gasteiger partial charge in [-0.15, -0.1) is 22.9 Å². The third-order valence-electron chi connectivity index (χ3n) is 2.92. The zero-order chi connectivity index (χ0) is 13.2. The van der Waals surface area contributed by atoms with Crippen LogP contribution >= 0.6 is 22.9 Å². The first-order valence-corrected chi connectivity index (χ1v) is 8.28. The van der Waals surface area contributed by atoms with Crippen molar-refractivity contribution in [1.82, 2.24) is 4.98 Å². The molecule has 4 heteroatoms. The van der Waals surface area contributed by atoms with Crippen molar-refractivity contribution in [3.63, 3.8) is 0 Å². The third-order valence-corrected chi connectivity index (χ3v) is 4.15. The summed E-state index contributed by atoms with van der Waals surface area (Å²) >= 11 is 7.40. The molecule has 104 valence electrons. The first-order valence-electron chi connectivity index (χ1n) is 6.87. The Hall–Kier alpha value is -0.120. The molecule has 0 aromatic carbocycles. The van der Waals surface area contributed by atoms with E-state index in [1.165, 1.54) is 32.1 Å². The summed E-state index contributed by atoms with van der Waals surface area (Å²) in [4.78, 5) is 4.42. The average molecular weight is 290 g/mol. The van der Waals surface area contributed by atoms with E-state index in [0.717, 1.165) is 23.7 Å². The van der Waals surface area contributed by atoms with Crippen LogP contribution in [-0.2, 0) is 17.0 Å². The molecule has 1 aromatic rings. The number of ether oxygens (including phenoxy) is 1. The van der Waals surface area contributed by atoms with E-state index in [4.69, 9.17) is 16.3 Å². The first kappa shape index (κ1) is 15.9. The third kappa shape index (κ3) is 6.72. The van der Waals surface area contributed by atoms with Crippen molar-refractivity contribution in [3.05, 3.63) is 16.1 Å². The van der Waals surface area contributed by atoms with Gasteiger partial charge in [0, 0.05) is 11.8 Å². The van der Waals surface area contributed by atoms with E-state index in [0.29, 0.717) is 12.0 Å². The summed E-state index contributed by atoms with van der Waals surface area (Å²) in [5.41, 5.74) is 0.976. The molecule has 1 rings (SSSR count). The zero-order valence-corrected chi connectivity index (χ0v) is 13.0. The summed E-state index contributed by atoms with van der Waals surface area (Å²) in [6.07, 6.45) is 7.69. The molecule has 0 amide bonds. The van der Waals surface area contributed by atoms with Crippen LogP contribution in [0.2, 0.25) is 0 Å². The maximum Gasteiger partial charge on any atom is 0.0951 e. The number of nitrogens with zero attached hydrogens (tertiary/aromatic N) is 1. The number of unbranched alkanes of at least 4 members (excludes halogenated alkanes) is 3. The van der Waals surface area contributed by atoms with Crippen LogP contribution in [0.25, 0.3) is 0 Å². The number of halogens is 1. The van der Waals surface area contributed by atoms with Gasteiger partial charge in [0.25, 0.3) is 0 Å². The Morgan fingerprint density at radius 1 is 1.39 bits per heavy atom. The molecule has 1 aromatic heterocycles. The van der Waals surface area contributed by atoms with Crippen molar-refractivity contribution in [2.45, 2.75) is 64.4 Å². The SMILES string of the molecule is CCCCCCC(C)OCCc1nc(CCl)cs1. The zero-order valence-electron chi connectivity index (χ0n) is 11.5. The van der Waals surface area contributed by atoms with Gasteiger partial charge < -0.3 is 4.74 Å². The van der Waals surface area contributed by atoms with E-state index < -0.39 is 0 Å². The topological polar surface area (TPSA) is 22.1 Å². The second-order valence-corrected chi connectivity index (χ2v) is 5.86. The van der Waals surface area contributed by atoms with Crippen LogP contribution in [0.5, 0.6) is 0 Å². The predicted molar refractivity (Wildman–Crippen MR) is 79.5 cm³/mol. The van der Waals surface area contributed by atoms with Gasteiger partial charge in [-0.1, -0.05) is 32.6 Å². The Morgan fingerprint density at radius 3 is 2.89 bits per heavy atom. The Kier molecular flexibility index (Phi) is 8.64. The number of hydrogen-bond acceptors (Lipinski definition) is 3. The standard InChI is InChI=1S/C14H24ClNOS/c1-3-4-5-6-7-12(2)17-9-8-14-16-13(10-15)11-18-14/h11-12H,3-10H2,1-2H3. The van der Waals surface area contributed by atoms with Crippen molar-refractivity contribution in [1.29, 1.82) is 0 Å². The lowest BCUT2D eigenvalue weighted by molar-refractivity contribution is 0.0606. The van der Waals surface area contributed by atoms with Crippen molar-refractivity contribution < 1.29 is 4.74 Å². The van der Waals surface area contributed by atoms with Crippen LogP contribution in [0.4, 0.5) is 0 Å². The molecule has 0 bridgehead atoms. The molecule has 0 N–H and O–H groups in total. The minimum Gasteiger partial charge on any atom is -0.378 e. The van der Waals surface area contributed by atoms with Crippen molar-refractivity contribution >= 4 is 22.9 Å². The van der Waals surface area contributed by atoms with Crippen molar-refractivity contribution in [2.75, 3.05) is 6.61 Å². The fraction of sp³-hybridized carbons (Fsp3) is 0.786. The number of thiazole rings is 1. The smallest absolute Gasteiger partial charge is 0.0951 e. The normalized spacial score (nSPS) is 12.8. The number of alkyl halides is 1. The molecular formula is C14H24ClNOS. The molecule has 0 aliphatic rings. The fourth-order valence-electron chi connectivity index (χ4n) is 1.81. The van der Waals surface area contributed by atoms with Crippen LogP contribution in [0.3, 0.4) is 0 Å². The van der Waals surface area contributed by atoms with Gasteiger partial charge >= 0.3 is 0 Å². The number of hydrogen-bond donors (Lipinski definition) is 0. The van der Waals surface area contributed by atoms with E-state index in [9.17, 15) is 0 Å². The monoisotopic (exact) mass is 289 g/mol. The molecule has 0 saturated heterocycles. The van der Waals surface area contributed by atoms with Gasteiger partial charge in [-0.25, -0.2) is 4.98 Å². The quantitative estimate of drug-likeness (QED) is 0.456. The highest BCUT2D eigenvalue weighted by Crippen LogP contribution is 2.13. The van der Waals surface area contributed by atoms with Crippen LogP contribution in [0.15, 0.2) is 5.38 Å². The molecule has 18 heavy (non-hydrogen) atoms. The molecule has 0 aliphatic carbocycles. The maximum absolute atomic E-state index is 5.80. The lowest BCUT2D eigenvalue weighted by Crippen LogP contribution is -2.10. The first-order chi connectivity index (χ1) is 8.76. The average Bonchev–Trinajstić information content (AvgIpc) is 2.83. The second-order valence-electron chi connectivity index (χ2n) is 4.65. The van der Waals surface area contributed by atoms with Crippen LogP contribution in [0, 0.1) is 0 Å². The Bertz CT molecular complexity index is 316. The van der Waals surface area contributed by atoms with Gasteiger partial charge in [-0.05, 0) is 13.3 Å². The second kappa shape index (κ2) is 9.76. The van der Waals surface area contributed by atoms with Gasteiger partial charge in [0.05, 0.1) is 29.3 Å². The summed E-state index contributed by atoms with van der Waals surface area (Å²) < 4.78 is 5.80. The number of rotatable bonds is 10. The Morgan fingerprint density at radius 2 is 2.22 bits per heavy atom. The number of aromatic nitrogens is 1. The fourth-order valence-corrected chi connectivity index (χ4v) is 2.82. The molecule has 2 nitrogen and oxygen atoms in total. The lowest BCUT2D eigenvalue weighted by atomic mass is 10.1. The molecule has 0 fully saturated rings. The van der Waals surface area contributed by atoms with Crippen LogP contribution in [-0.4, -0.2) is 17.7 Å². The highest BCUT2D eigenvalue weighted by Gasteiger charge is 2.04. The van der Waals surface area contributed by atoms with Crippen molar-refractivity contribution in [3.8, 4) is 0 Å². The van der Waals surface area contributed by atoms with Gasteiger partial charge in [0.1, 0.15) is 0 Å². The van der Waals surface area contributed by atoms with E-state index in [1.807, 2.05) is 5.38 Å². The molecule has 1 atom stereocenters. The van der Waals surface area contributed by atoms with E-state index in [2.05, 4.69) is 18.8 Å². The molecule has 0 radical (unpaired) electrons. The van der Waals surface area contributed by atoms with Gasteiger partial charge in [0.2, 0.25) is 0 Å². The summed E-state index contributed by atoms with van der Waals surface area (Å²) in [6, 6.07) is 0. The van der Waals surface area contributed by atoms with Gasteiger partial charge in [-0.3, -0.25) is 0 Å². The highest BCUT2D eigenvalue weighted by atomic mass is 35.5. The summed E-state index contributed by atoms with van der Waals surface area (Å²) in [6.45, 7) is 5.17. The molecular weight excluding hydrogens is 266 g/mol. The minimum atomic E-state index is 0.370.